The number of carbonyl (C=O) groups excluding carboxylic acids is 1. The van der Waals surface area contributed by atoms with Gasteiger partial charge in [-0.2, -0.15) is 0 Å². The standard InChI is InChI=1S/C12H19N3O3/c1-9-6-11(16)15(18-9)12(17)8-14(2)7-10-4-3-5-13-10/h6,10,13H,3-5,7-8H2,1-2H3. The number of carbonyl (C=O) groups is 1. The van der Waals surface area contributed by atoms with Crippen LogP contribution in [-0.2, 0) is 0 Å². The molecule has 0 amide bonds. The van der Waals surface area contributed by atoms with E-state index in [0.29, 0.717) is 11.8 Å². The smallest absolute Gasteiger partial charge is 0.290 e. The zero-order valence-corrected chi connectivity index (χ0v) is 10.8. The van der Waals surface area contributed by atoms with Crippen molar-refractivity contribution in [1.29, 1.82) is 0 Å². The Kier molecular flexibility index (Phi) is 3.98. The number of nitrogens with zero attached hydrogens (tertiary/aromatic N) is 2. The van der Waals surface area contributed by atoms with E-state index in [0.717, 1.165) is 24.3 Å². The highest BCUT2D eigenvalue weighted by atomic mass is 16.5. The third kappa shape index (κ3) is 3.08. The van der Waals surface area contributed by atoms with E-state index in [-0.39, 0.29) is 12.5 Å². The van der Waals surface area contributed by atoms with Crippen molar-refractivity contribution >= 4 is 5.91 Å². The molecular weight excluding hydrogens is 234 g/mol. The first-order valence-electron chi connectivity index (χ1n) is 6.21. The van der Waals surface area contributed by atoms with Crippen LogP contribution in [0.2, 0.25) is 0 Å². The second-order valence-electron chi connectivity index (χ2n) is 4.86. The summed E-state index contributed by atoms with van der Waals surface area (Å²) in [7, 11) is 1.87. The average molecular weight is 253 g/mol. The molecule has 1 unspecified atom stereocenters. The molecule has 1 N–H and O–H groups in total. The lowest BCUT2D eigenvalue weighted by molar-refractivity contribution is 0.0727. The minimum atomic E-state index is -0.398. The lowest BCUT2D eigenvalue weighted by atomic mass is 10.2. The molecule has 1 atom stereocenters. The van der Waals surface area contributed by atoms with Gasteiger partial charge < -0.3 is 9.84 Å². The van der Waals surface area contributed by atoms with Crippen LogP contribution in [0.4, 0.5) is 0 Å². The molecule has 0 aliphatic carbocycles. The number of hydrogen-bond donors (Lipinski definition) is 1. The van der Waals surface area contributed by atoms with E-state index in [1.165, 1.54) is 12.5 Å². The number of aromatic nitrogens is 1. The monoisotopic (exact) mass is 253 g/mol. The zero-order chi connectivity index (χ0) is 13.1. The predicted molar refractivity (Wildman–Crippen MR) is 66.9 cm³/mol. The molecule has 0 spiro atoms. The van der Waals surface area contributed by atoms with Crippen molar-refractivity contribution in [2.24, 2.45) is 0 Å². The first-order valence-corrected chi connectivity index (χ1v) is 6.21. The summed E-state index contributed by atoms with van der Waals surface area (Å²) in [6.07, 6.45) is 2.32. The van der Waals surface area contributed by atoms with Gasteiger partial charge in [-0.15, -0.1) is 4.74 Å². The van der Waals surface area contributed by atoms with Gasteiger partial charge in [-0.3, -0.25) is 14.5 Å². The van der Waals surface area contributed by atoms with Crippen molar-refractivity contribution in [2.75, 3.05) is 26.7 Å². The van der Waals surface area contributed by atoms with Crippen LogP contribution in [0.1, 0.15) is 23.4 Å². The topological polar surface area (TPSA) is 67.5 Å². The Bertz CT molecular complexity index is 471. The Balaban J connectivity index is 1.90. The Morgan fingerprint density at radius 1 is 1.67 bits per heavy atom. The van der Waals surface area contributed by atoms with E-state index in [4.69, 9.17) is 4.52 Å². The minimum Gasteiger partial charge on any atom is -0.373 e. The highest BCUT2D eigenvalue weighted by Gasteiger charge is 2.19. The molecule has 0 aromatic carbocycles. The normalized spacial score (nSPS) is 19.6. The van der Waals surface area contributed by atoms with Crippen LogP contribution in [0.25, 0.3) is 0 Å². The van der Waals surface area contributed by atoms with Gasteiger partial charge in [0.15, 0.2) is 0 Å². The molecule has 0 radical (unpaired) electrons. The predicted octanol–water partition coefficient (Wildman–Crippen LogP) is 0.0737. The molecule has 6 nitrogen and oxygen atoms in total. The molecule has 1 aliphatic heterocycles. The average Bonchev–Trinajstić information content (AvgIpc) is 2.88. The van der Waals surface area contributed by atoms with Gasteiger partial charge in [0.1, 0.15) is 5.76 Å². The van der Waals surface area contributed by atoms with Crippen molar-refractivity contribution in [3.63, 3.8) is 0 Å². The molecule has 6 heteroatoms. The highest BCUT2D eigenvalue weighted by Crippen LogP contribution is 2.06. The highest BCUT2D eigenvalue weighted by molar-refractivity contribution is 5.79. The van der Waals surface area contributed by atoms with Gasteiger partial charge in [0, 0.05) is 18.7 Å². The second-order valence-corrected chi connectivity index (χ2v) is 4.86. The van der Waals surface area contributed by atoms with Crippen LogP contribution in [0, 0.1) is 6.92 Å². The van der Waals surface area contributed by atoms with Crippen LogP contribution < -0.4 is 10.9 Å². The van der Waals surface area contributed by atoms with Gasteiger partial charge >= 0.3 is 0 Å². The van der Waals surface area contributed by atoms with Crippen molar-refractivity contribution in [2.45, 2.75) is 25.8 Å². The summed E-state index contributed by atoms with van der Waals surface area (Å²) >= 11 is 0. The molecule has 1 aliphatic rings. The summed E-state index contributed by atoms with van der Waals surface area (Å²) in [5.41, 5.74) is -0.398. The van der Waals surface area contributed by atoms with Crippen molar-refractivity contribution in [3.05, 3.63) is 22.2 Å². The van der Waals surface area contributed by atoms with Crippen molar-refractivity contribution < 1.29 is 9.32 Å². The summed E-state index contributed by atoms with van der Waals surface area (Å²) in [6.45, 7) is 3.69. The largest absolute Gasteiger partial charge is 0.373 e. The fourth-order valence-electron chi connectivity index (χ4n) is 2.27. The van der Waals surface area contributed by atoms with Crippen LogP contribution in [-0.4, -0.2) is 48.3 Å². The Morgan fingerprint density at radius 3 is 3.00 bits per heavy atom. The number of nitrogens with one attached hydrogen (secondary N) is 1. The summed E-state index contributed by atoms with van der Waals surface area (Å²) < 4.78 is 5.89. The molecule has 2 rings (SSSR count). The molecule has 2 heterocycles. The zero-order valence-electron chi connectivity index (χ0n) is 10.8. The van der Waals surface area contributed by atoms with Crippen molar-refractivity contribution in [3.8, 4) is 0 Å². The fraction of sp³-hybridized carbons (Fsp3) is 0.667. The molecule has 0 saturated carbocycles. The summed E-state index contributed by atoms with van der Waals surface area (Å²) in [5.74, 6) is 0.127. The van der Waals surface area contributed by atoms with Gasteiger partial charge in [-0.1, -0.05) is 0 Å². The third-order valence-corrected chi connectivity index (χ3v) is 3.09. The van der Waals surface area contributed by atoms with Crippen LogP contribution >= 0.6 is 0 Å². The maximum Gasteiger partial charge on any atom is 0.290 e. The third-order valence-electron chi connectivity index (χ3n) is 3.09. The van der Waals surface area contributed by atoms with E-state index in [2.05, 4.69) is 5.32 Å². The molecule has 1 aromatic heterocycles. The Labute approximate surface area is 106 Å². The molecular formula is C12H19N3O3. The van der Waals surface area contributed by atoms with Gasteiger partial charge in [-0.25, -0.2) is 0 Å². The van der Waals surface area contributed by atoms with Gasteiger partial charge in [0.05, 0.1) is 6.54 Å². The fourth-order valence-corrected chi connectivity index (χ4v) is 2.27. The number of rotatable bonds is 4. The summed E-state index contributed by atoms with van der Waals surface area (Å²) in [5, 5.41) is 3.37. The van der Waals surface area contributed by atoms with E-state index in [1.54, 1.807) is 6.92 Å². The molecule has 1 saturated heterocycles. The molecule has 1 aromatic rings. The first kappa shape index (κ1) is 13.0. The van der Waals surface area contributed by atoms with Crippen LogP contribution in [0.3, 0.4) is 0 Å². The SMILES string of the molecule is Cc1cc(=O)n(C(=O)CN(C)CC2CCCN2)o1. The molecule has 18 heavy (non-hydrogen) atoms. The molecule has 1 fully saturated rings. The molecule has 100 valence electrons. The van der Waals surface area contributed by atoms with E-state index in [1.807, 2.05) is 11.9 Å². The van der Waals surface area contributed by atoms with E-state index >= 15 is 0 Å². The summed E-state index contributed by atoms with van der Waals surface area (Å²) in [4.78, 5) is 25.2. The van der Waals surface area contributed by atoms with Crippen LogP contribution in [0.5, 0.6) is 0 Å². The van der Waals surface area contributed by atoms with Gasteiger partial charge in [-0.05, 0) is 33.4 Å². The van der Waals surface area contributed by atoms with Gasteiger partial charge in [0.25, 0.3) is 11.5 Å². The maximum atomic E-state index is 11.9. The van der Waals surface area contributed by atoms with Crippen molar-refractivity contribution in [1.82, 2.24) is 15.0 Å². The number of hydrogen-bond acceptors (Lipinski definition) is 5. The maximum absolute atomic E-state index is 11.9. The van der Waals surface area contributed by atoms with E-state index in [9.17, 15) is 9.59 Å². The summed E-state index contributed by atoms with van der Waals surface area (Å²) in [6, 6.07) is 1.76. The van der Waals surface area contributed by atoms with Crippen LogP contribution in [0.15, 0.2) is 15.4 Å². The second kappa shape index (κ2) is 5.49. The van der Waals surface area contributed by atoms with E-state index < -0.39 is 5.56 Å². The Hall–Kier alpha value is -1.40. The Morgan fingerprint density at radius 2 is 2.44 bits per heavy atom. The molecule has 0 bridgehead atoms. The lowest BCUT2D eigenvalue weighted by Crippen LogP contribution is -2.40. The number of likely N-dealkylation sites (N-methyl/N-ethyl adjacent to an activating group) is 1. The first-order chi connectivity index (χ1) is 8.56. The van der Waals surface area contributed by atoms with Gasteiger partial charge in [0.2, 0.25) is 0 Å². The quantitative estimate of drug-likeness (QED) is 0.822. The minimum absolute atomic E-state index is 0.186. The number of aryl methyl sites for hydroxylation is 1. The lowest BCUT2D eigenvalue weighted by Gasteiger charge is -2.19.